The number of carbonyl (C=O) groups is 1. The molecule has 4 heteroatoms. The number of unbranched alkanes of at least 4 members (excludes halogenated alkanes) is 1. The molecule has 0 unspecified atom stereocenters. The number of ether oxygens (including phenoxy) is 1. The fourth-order valence-electron chi connectivity index (χ4n) is 1.72. The summed E-state index contributed by atoms with van der Waals surface area (Å²) in [6.07, 6.45) is 2.92. The minimum Gasteiger partial charge on any atom is -0.449 e. The standard InChI is InChI=1S/C11H22N2O2/c1-4-5-8-15-11(14)13-7-6-10(9-13)12(2)3/h10H,4-9H2,1-3H3/t10-/m1/s1. The van der Waals surface area contributed by atoms with E-state index in [1.165, 1.54) is 0 Å². The molecule has 0 spiro atoms. The maximum atomic E-state index is 11.6. The minimum absolute atomic E-state index is 0.146. The minimum atomic E-state index is -0.146. The first kappa shape index (κ1) is 12.3. The molecular formula is C11H22N2O2. The Kier molecular flexibility index (Phi) is 4.88. The Morgan fingerprint density at radius 3 is 2.80 bits per heavy atom. The Balaban J connectivity index is 2.24. The monoisotopic (exact) mass is 214 g/mol. The van der Waals surface area contributed by atoms with Crippen LogP contribution in [0.4, 0.5) is 4.79 Å². The summed E-state index contributed by atoms with van der Waals surface area (Å²) in [7, 11) is 4.10. The molecule has 0 aromatic heterocycles. The highest BCUT2D eigenvalue weighted by Crippen LogP contribution is 2.14. The Morgan fingerprint density at radius 2 is 2.27 bits per heavy atom. The molecular weight excluding hydrogens is 192 g/mol. The van der Waals surface area contributed by atoms with E-state index in [9.17, 15) is 4.79 Å². The molecule has 0 bridgehead atoms. The van der Waals surface area contributed by atoms with E-state index >= 15 is 0 Å². The van der Waals surface area contributed by atoms with Gasteiger partial charge in [0.05, 0.1) is 6.61 Å². The lowest BCUT2D eigenvalue weighted by Crippen LogP contribution is -2.34. The number of amides is 1. The second-order valence-corrected chi connectivity index (χ2v) is 4.32. The second-order valence-electron chi connectivity index (χ2n) is 4.32. The highest BCUT2D eigenvalue weighted by molar-refractivity contribution is 5.68. The van der Waals surface area contributed by atoms with Crippen LogP contribution >= 0.6 is 0 Å². The van der Waals surface area contributed by atoms with Crippen molar-refractivity contribution in [3.8, 4) is 0 Å². The predicted molar refractivity (Wildman–Crippen MR) is 59.9 cm³/mol. The van der Waals surface area contributed by atoms with Gasteiger partial charge in [0.15, 0.2) is 0 Å². The molecule has 0 aromatic carbocycles. The van der Waals surface area contributed by atoms with Crippen molar-refractivity contribution in [1.29, 1.82) is 0 Å². The van der Waals surface area contributed by atoms with Crippen molar-refractivity contribution >= 4 is 6.09 Å². The van der Waals surface area contributed by atoms with Crippen LogP contribution in [0.2, 0.25) is 0 Å². The van der Waals surface area contributed by atoms with Crippen molar-refractivity contribution in [1.82, 2.24) is 9.80 Å². The van der Waals surface area contributed by atoms with Gasteiger partial charge in [0.2, 0.25) is 0 Å². The Morgan fingerprint density at radius 1 is 1.53 bits per heavy atom. The molecule has 0 radical (unpaired) electrons. The number of hydrogen-bond donors (Lipinski definition) is 0. The third kappa shape index (κ3) is 3.70. The molecule has 1 aliphatic rings. The van der Waals surface area contributed by atoms with Gasteiger partial charge in [0, 0.05) is 19.1 Å². The number of hydrogen-bond acceptors (Lipinski definition) is 3. The summed E-state index contributed by atoms with van der Waals surface area (Å²) in [6, 6.07) is 0.490. The quantitative estimate of drug-likeness (QED) is 0.666. The van der Waals surface area contributed by atoms with Crippen molar-refractivity contribution in [2.45, 2.75) is 32.2 Å². The van der Waals surface area contributed by atoms with Gasteiger partial charge >= 0.3 is 6.09 Å². The van der Waals surface area contributed by atoms with Gasteiger partial charge in [-0.1, -0.05) is 13.3 Å². The van der Waals surface area contributed by atoms with E-state index < -0.39 is 0 Å². The van der Waals surface area contributed by atoms with Crippen LogP contribution in [0.3, 0.4) is 0 Å². The van der Waals surface area contributed by atoms with Crippen LogP contribution in [-0.2, 0) is 4.74 Å². The molecule has 0 aromatic rings. The van der Waals surface area contributed by atoms with Gasteiger partial charge in [-0.15, -0.1) is 0 Å². The maximum absolute atomic E-state index is 11.6. The van der Waals surface area contributed by atoms with Crippen molar-refractivity contribution in [3.05, 3.63) is 0 Å². The van der Waals surface area contributed by atoms with E-state index in [0.29, 0.717) is 12.6 Å². The fraction of sp³-hybridized carbons (Fsp3) is 0.909. The molecule has 1 heterocycles. The van der Waals surface area contributed by atoms with Gasteiger partial charge < -0.3 is 14.5 Å². The van der Waals surface area contributed by atoms with Crippen LogP contribution in [0.15, 0.2) is 0 Å². The molecule has 0 N–H and O–H groups in total. The molecule has 0 aliphatic carbocycles. The SMILES string of the molecule is CCCCOC(=O)N1CC[C@@H](N(C)C)C1. The topological polar surface area (TPSA) is 32.8 Å². The van der Waals surface area contributed by atoms with Gasteiger partial charge in [-0.2, -0.15) is 0 Å². The summed E-state index contributed by atoms with van der Waals surface area (Å²) < 4.78 is 5.16. The zero-order valence-corrected chi connectivity index (χ0v) is 10.0. The van der Waals surface area contributed by atoms with Crippen molar-refractivity contribution in [2.75, 3.05) is 33.8 Å². The number of likely N-dealkylation sites (N-methyl/N-ethyl adjacent to an activating group) is 1. The smallest absolute Gasteiger partial charge is 0.409 e. The molecule has 1 amide bonds. The van der Waals surface area contributed by atoms with E-state index in [1.54, 1.807) is 4.90 Å². The first-order valence-corrected chi connectivity index (χ1v) is 5.73. The Hall–Kier alpha value is -0.770. The number of carbonyl (C=O) groups excluding carboxylic acids is 1. The molecule has 4 nitrogen and oxygen atoms in total. The number of likely N-dealkylation sites (tertiary alicyclic amines) is 1. The van der Waals surface area contributed by atoms with Crippen molar-refractivity contribution < 1.29 is 9.53 Å². The van der Waals surface area contributed by atoms with Crippen LogP contribution in [0.1, 0.15) is 26.2 Å². The Bertz CT molecular complexity index is 207. The number of nitrogens with zero attached hydrogens (tertiary/aromatic N) is 2. The maximum Gasteiger partial charge on any atom is 0.409 e. The zero-order valence-electron chi connectivity index (χ0n) is 10.0. The molecule has 1 aliphatic heterocycles. The highest BCUT2D eigenvalue weighted by atomic mass is 16.6. The molecule has 1 rings (SSSR count). The van der Waals surface area contributed by atoms with Gasteiger partial charge in [-0.3, -0.25) is 0 Å². The Labute approximate surface area is 92.2 Å². The van der Waals surface area contributed by atoms with Crippen molar-refractivity contribution in [2.24, 2.45) is 0 Å². The lowest BCUT2D eigenvalue weighted by Gasteiger charge is -2.20. The predicted octanol–water partition coefficient (Wildman–Crippen LogP) is 1.56. The van der Waals surface area contributed by atoms with Crippen molar-refractivity contribution in [3.63, 3.8) is 0 Å². The van der Waals surface area contributed by atoms with E-state index in [4.69, 9.17) is 4.74 Å². The lowest BCUT2D eigenvalue weighted by atomic mass is 10.2. The van der Waals surface area contributed by atoms with Gasteiger partial charge in [0.1, 0.15) is 0 Å². The summed E-state index contributed by atoms with van der Waals surface area (Å²) >= 11 is 0. The second kappa shape index (κ2) is 5.95. The van der Waals surface area contributed by atoms with E-state index in [0.717, 1.165) is 32.4 Å². The van der Waals surface area contributed by atoms with E-state index in [-0.39, 0.29) is 6.09 Å². The van der Waals surface area contributed by atoms with Gasteiger partial charge in [-0.25, -0.2) is 4.79 Å². The van der Waals surface area contributed by atoms with E-state index in [1.807, 2.05) is 0 Å². The molecule has 15 heavy (non-hydrogen) atoms. The van der Waals surface area contributed by atoms with Gasteiger partial charge in [0.25, 0.3) is 0 Å². The summed E-state index contributed by atoms with van der Waals surface area (Å²) in [5, 5.41) is 0. The van der Waals surface area contributed by atoms with Crippen LogP contribution in [-0.4, -0.2) is 55.7 Å². The summed E-state index contributed by atoms with van der Waals surface area (Å²) in [5.74, 6) is 0. The van der Waals surface area contributed by atoms with Gasteiger partial charge in [-0.05, 0) is 26.9 Å². The summed E-state index contributed by atoms with van der Waals surface area (Å²) in [5.41, 5.74) is 0. The molecule has 1 atom stereocenters. The van der Waals surface area contributed by atoms with Crippen LogP contribution in [0.5, 0.6) is 0 Å². The van der Waals surface area contributed by atoms with Crippen LogP contribution in [0.25, 0.3) is 0 Å². The molecule has 88 valence electrons. The third-order valence-electron chi connectivity index (χ3n) is 2.88. The third-order valence-corrected chi connectivity index (χ3v) is 2.88. The lowest BCUT2D eigenvalue weighted by molar-refractivity contribution is 0.107. The first-order valence-electron chi connectivity index (χ1n) is 5.73. The zero-order chi connectivity index (χ0) is 11.3. The normalized spacial score (nSPS) is 21.1. The summed E-state index contributed by atoms with van der Waals surface area (Å²) in [4.78, 5) is 15.5. The van der Waals surface area contributed by atoms with Crippen LogP contribution in [0, 0.1) is 0 Å². The average molecular weight is 214 g/mol. The molecule has 1 saturated heterocycles. The number of rotatable bonds is 4. The summed E-state index contributed by atoms with van der Waals surface area (Å²) in [6.45, 7) is 4.27. The first-order chi connectivity index (χ1) is 7.15. The van der Waals surface area contributed by atoms with Crippen LogP contribution < -0.4 is 0 Å². The largest absolute Gasteiger partial charge is 0.449 e. The fourth-order valence-corrected chi connectivity index (χ4v) is 1.72. The molecule has 1 fully saturated rings. The molecule has 0 saturated carbocycles. The van der Waals surface area contributed by atoms with E-state index in [2.05, 4.69) is 25.9 Å². The highest BCUT2D eigenvalue weighted by Gasteiger charge is 2.28. The average Bonchev–Trinajstić information content (AvgIpc) is 2.66.